The molecule has 4 atom stereocenters. The summed E-state index contributed by atoms with van der Waals surface area (Å²) in [4.78, 5) is 3.58. The van der Waals surface area contributed by atoms with Gasteiger partial charge in [0.05, 0.1) is 26.4 Å². The molecule has 220 valence electrons. The van der Waals surface area contributed by atoms with E-state index in [0.29, 0.717) is 63.7 Å². The molecule has 4 unspecified atom stereocenters. The van der Waals surface area contributed by atoms with E-state index >= 15 is 0 Å². The first-order valence-electron chi connectivity index (χ1n) is 12.6. The molecule has 2 saturated heterocycles. The number of rotatable bonds is 8. The Labute approximate surface area is 251 Å². The Morgan fingerprint density at radius 3 is 1.12 bits per heavy atom. The van der Waals surface area contributed by atoms with Gasteiger partial charge in [0.15, 0.2) is 0 Å². The summed E-state index contributed by atoms with van der Waals surface area (Å²) < 4.78 is 44.4. The molecule has 12 nitrogen and oxygen atoms in total. The van der Waals surface area contributed by atoms with Gasteiger partial charge in [0.25, 0.3) is 0 Å². The predicted octanol–water partition coefficient (Wildman–Crippen LogP) is -1.49. The average molecular weight is 726 g/mol. The number of morpholine rings is 2. The SMILES string of the molecule is [O-]C(CC([O-])N1CCOCC1)c1ccccc1.[O-]C(CC([O-])N1CCOCC1)c1ccccc1.[O]=[Mo+2]=[O].[O]=[Mo+2]=[O]. The van der Waals surface area contributed by atoms with Crippen LogP contribution in [0, 0.1) is 0 Å². The second kappa shape index (κ2) is 23.3. The van der Waals surface area contributed by atoms with E-state index in [1.165, 1.54) is 0 Å². The van der Waals surface area contributed by atoms with Crippen molar-refractivity contribution in [2.24, 2.45) is 0 Å². The summed E-state index contributed by atoms with van der Waals surface area (Å²) in [5.74, 6) is 0. The number of nitrogens with zero attached hydrogens (tertiary/aromatic N) is 2. The van der Waals surface area contributed by atoms with Crippen LogP contribution in [0.1, 0.15) is 36.2 Å². The van der Waals surface area contributed by atoms with Gasteiger partial charge in [-0.25, -0.2) is 0 Å². The molecule has 0 bridgehead atoms. The monoisotopic (exact) mass is 730 g/mol. The Morgan fingerprint density at radius 2 is 0.850 bits per heavy atom. The van der Waals surface area contributed by atoms with Crippen LogP contribution in [0.4, 0.5) is 0 Å². The molecule has 0 amide bonds. The van der Waals surface area contributed by atoms with Crippen molar-refractivity contribution < 1.29 is 80.5 Å². The van der Waals surface area contributed by atoms with E-state index in [-0.39, 0.29) is 12.8 Å². The van der Waals surface area contributed by atoms with Crippen molar-refractivity contribution in [3.8, 4) is 0 Å². The fraction of sp³-hybridized carbons (Fsp3) is 0.538. The van der Waals surface area contributed by atoms with Gasteiger partial charge in [0, 0.05) is 26.2 Å². The third-order valence-corrected chi connectivity index (χ3v) is 6.08. The summed E-state index contributed by atoms with van der Waals surface area (Å²) in [6, 6.07) is 18.2. The predicted molar refractivity (Wildman–Crippen MR) is 123 cm³/mol. The first kappa shape index (κ1) is 36.7. The maximum atomic E-state index is 11.9. The molecule has 2 aliphatic heterocycles. The van der Waals surface area contributed by atoms with Crippen LogP contribution < -0.4 is 20.4 Å². The molecule has 2 aromatic rings. The minimum atomic E-state index is -2.03. The van der Waals surface area contributed by atoms with E-state index in [1.807, 2.05) is 36.4 Å². The van der Waals surface area contributed by atoms with Crippen LogP contribution in [0.25, 0.3) is 0 Å². The molecule has 0 spiro atoms. The molecule has 14 heteroatoms. The van der Waals surface area contributed by atoms with Gasteiger partial charge in [0.2, 0.25) is 0 Å². The third kappa shape index (κ3) is 15.6. The van der Waals surface area contributed by atoms with Crippen molar-refractivity contribution >= 4 is 0 Å². The van der Waals surface area contributed by atoms with Crippen molar-refractivity contribution in [2.45, 2.75) is 37.5 Å². The Hall–Kier alpha value is -1.30. The molecule has 4 rings (SSSR count). The Bertz CT molecular complexity index is 888. The van der Waals surface area contributed by atoms with Crippen LogP contribution in [0.15, 0.2) is 60.7 Å². The van der Waals surface area contributed by atoms with Crippen LogP contribution in [0.3, 0.4) is 0 Å². The molecule has 2 heterocycles. The van der Waals surface area contributed by atoms with Crippen LogP contribution in [-0.4, -0.2) is 74.9 Å². The first-order valence-corrected chi connectivity index (χ1v) is 15.9. The van der Waals surface area contributed by atoms with Crippen LogP contribution in [0.2, 0.25) is 0 Å². The fourth-order valence-corrected chi connectivity index (χ4v) is 4.00. The molecule has 0 radical (unpaired) electrons. The van der Waals surface area contributed by atoms with Crippen LogP contribution >= 0.6 is 0 Å². The molecular formula is C26H34Mo2N2O10. The van der Waals surface area contributed by atoms with Gasteiger partial charge >= 0.3 is 50.6 Å². The normalized spacial score (nSPS) is 18.3. The average Bonchev–Trinajstić information content (AvgIpc) is 3.00. The molecule has 2 aliphatic rings. The van der Waals surface area contributed by atoms with Gasteiger partial charge in [-0.05, 0) is 0 Å². The summed E-state index contributed by atoms with van der Waals surface area (Å²) in [7, 11) is 0. The number of hydrogen-bond donors (Lipinski definition) is 0. The van der Waals surface area contributed by atoms with Gasteiger partial charge < -0.3 is 39.7 Å². The Kier molecular flexibility index (Phi) is 21.4. The Morgan fingerprint density at radius 1 is 0.575 bits per heavy atom. The van der Waals surface area contributed by atoms with Crippen LogP contribution in [0.5, 0.6) is 0 Å². The zero-order chi connectivity index (χ0) is 29.6. The van der Waals surface area contributed by atoms with Gasteiger partial charge in [-0.3, -0.25) is 0 Å². The van der Waals surface area contributed by atoms with Crippen molar-refractivity contribution in [2.75, 3.05) is 52.6 Å². The minimum absolute atomic E-state index is 0.115. The maximum absolute atomic E-state index is 11.9. The quantitative estimate of drug-likeness (QED) is 0.288. The second-order valence-corrected chi connectivity index (χ2v) is 9.28. The molecular weight excluding hydrogens is 692 g/mol. The summed E-state index contributed by atoms with van der Waals surface area (Å²) in [5.41, 5.74) is 1.39. The first-order chi connectivity index (χ1) is 19.4. The molecule has 0 aromatic heterocycles. The second-order valence-electron chi connectivity index (χ2n) is 8.61. The molecule has 40 heavy (non-hydrogen) atoms. The van der Waals surface area contributed by atoms with Crippen molar-refractivity contribution in [3.63, 3.8) is 0 Å². The molecule has 0 N–H and O–H groups in total. The standard InChI is InChI=1S/2C13H17NO3.2Mo.4O/c2*15-12(11-4-2-1-3-5-11)10-13(16)14-6-8-17-9-7-14;;;;;;/h2*1-5,12-13H,6-10H2;;;;;;/q2*-2;2*+2;;;;. The third-order valence-electron chi connectivity index (χ3n) is 6.08. The zero-order valence-corrected chi connectivity index (χ0v) is 26.0. The topological polar surface area (TPSA) is 185 Å². The van der Waals surface area contributed by atoms with Gasteiger partial charge in [-0.2, -0.15) is 0 Å². The molecule has 2 aromatic carbocycles. The van der Waals surface area contributed by atoms with Gasteiger partial charge in [0.1, 0.15) is 0 Å². The Balaban J connectivity index is 0.000000335. The van der Waals surface area contributed by atoms with E-state index in [0.717, 1.165) is 0 Å². The van der Waals surface area contributed by atoms with Crippen LogP contribution in [-0.2, 0) is 60.0 Å². The van der Waals surface area contributed by atoms with Gasteiger partial charge in [-0.1, -0.05) is 97.1 Å². The van der Waals surface area contributed by atoms with E-state index < -0.39 is 61.6 Å². The van der Waals surface area contributed by atoms with Crippen molar-refractivity contribution in [1.82, 2.24) is 9.80 Å². The van der Waals surface area contributed by atoms with E-state index in [1.54, 1.807) is 34.1 Å². The van der Waals surface area contributed by atoms with E-state index in [2.05, 4.69) is 0 Å². The van der Waals surface area contributed by atoms with Crippen molar-refractivity contribution in [1.29, 1.82) is 0 Å². The van der Waals surface area contributed by atoms with Gasteiger partial charge in [-0.15, -0.1) is 12.2 Å². The number of hydrogen-bond acceptors (Lipinski definition) is 12. The van der Waals surface area contributed by atoms with Crippen molar-refractivity contribution in [3.05, 3.63) is 71.8 Å². The van der Waals surface area contributed by atoms with E-state index in [4.69, 9.17) is 23.1 Å². The van der Waals surface area contributed by atoms with E-state index in [9.17, 15) is 20.4 Å². The number of benzene rings is 2. The number of ether oxygens (including phenoxy) is 2. The summed E-state index contributed by atoms with van der Waals surface area (Å²) >= 11 is -4.06. The summed E-state index contributed by atoms with van der Waals surface area (Å²) in [5, 5.41) is 47.7. The zero-order valence-electron chi connectivity index (χ0n) is 21.9. The molecule has 2 fully saturated rings. The summed E-state index contributed by atoms with van der Waals surface area (Å²) in [6.07, 6.45) is -3.46. The molecule has 0 aliphatic carbocycles. The molecule has 0 saturated carbocycles. The summed E-state index contributed by atoms with van der Waals surface area (Å²) in [6.45, 7) is 4.90. The fourth-order valence-electron chi connectivity index (χ4n) is 4.00.